The van der Waals surface area contributed by atoms with Gasteiger partial charge >= 0.3 is 0 Å². The first kappa shape index (κ1) is 57.5. The van der Waals surface area contributed by atoms with Gasteiger partial charge in [0.15, 0.2) is 5.82 Å². The van der Waals surface area contributed by atoms with Gasteiger partial charge in [0.05, 0.1) is 45.5 Å². The van der Waals surface area contributed by atoms with Gasteiger partial charge in [-0.1, -0.05) is 24.6 Å². The van der Waals surface area contributed by atoms with Crippen molar-refractivity contribution < 1.29 is 38.0 Å². The number of hydrogen-bond acceptors (Lipinski definition) is 13. The molecule has 5 aromatic rings. The molecule has 0 radical (unpaired) electrons. The maximum absolute atomic E-state index is 16.0. The van der Waals surface area contributed by atoms with Gasteiger partial charge in [0, 0.05) is 93.1 Å². The molecule has 0 bridgehead atoms. The van der Waals surface area contributed by atoms with Gasteiger partial charge in [-0.25, -0.2) is 14.4 Å². The van der Waals surface area contributed by atoms with E-state index in [2.05, 4.69) is 61.5 Å². The molecule has 2 aromatic heterocycles. The third kappa shape index (κ3) is 10.4. The van der Waals surface area contributed by atoms with Gasteiger partial charge in [0.25, 0.3) is 17.7 Å². The Bertz CT molecular complexity index is 3580. The second-order valence-electron chi connectivity index (χ2n) is 26.3. The van der Waals surface area contributed by atoms with Crippen molar-refractivity contribution in [2.45, 2.75) is 154 Å². The third-order valence-corrected chi connectivity index (χ3v) is 20.0. The van der Waals surface area contributed by atoms with Crippen LogP contribution in [0.1, 0.15) is 159 Å². The number of imidazole rings is 1. The number of aromatic nitrogens is 3. The van der Waals surface area contributed by atoms with Crippen LogP contribution in [0.5, 0.6) is 0 Å². The molecule has 7 aliphatic heterocycles. The van der Waals surface area contributed by atoms with E-state index in [1.165, 1.54) is 25.3 Å². The fraction of sp³-hybridized carbons (Fsp3) is 0.530. The van der Waals surface area contributed by atoms with E-state index < -0.39 is 40.9 Å². The van der Waals surface area contributed by atoms with Gasteiger partial charge in [-0.05, 0) is 178 Å². The number of hydrogen-bond donors (Lipinski definition) is 3. The zero-order valence-electron chi connectivity index (χ0n) is 50.1. The average molecular weight is 1170 g/mol. The largest absolute Gasteiger partial charge is 0.371 e. The molecule has 20 heteroatoms. The molecule has 7 amide bonds. The van der Waals surface area contributed by atoms with Crippen molar-refractivity contribution in [3.8, 4) is 11.3 Å². The number of imide groups is 2. The van der Waals surface area contributed by atoms with Crippen molar-refractivity contribution in [3.05, 3.63) is 94.6 Å². The predicted molar refractivity (Wildman–Crippen MR) is 325 cm³/mol. The molecule has 19 nitrogen and oxygen atoms in total. The summed E-state index contributed by atoms with van der Waals surface area (Å²) in [5, 5.41) is 8.50. The highest BCUT2D eigenvalue weighted by molar-refractivity contribution is 6.25. The number of halogens is 1. The Morgan fingerprint density at radius 2 is 1.59 bits per heavy atom. The number of amides is 7. The Labute approximate surface area is 501 Å². The van der Waals surface area contributed by atoms with Gasteiger partial charge in [-0.2, -0.15) is 0 Å². The second kappa shape index (κ2) is 22.9. The Morgan fingerprint density at radius 3 is 2.35 bits per heavy atom. The number of likely N-dealkylation sites (tertiary alicyclic amines) is 3. The van der Waals surface area contributed by atoms with Crippen LogP contribution in [0.25, 0.3) is 22.3 Å². The van der Waals surface area contributed by atoms with Gasteiger partial charge in [-0.15, -0.1) is 0 Å². The summed E-state index contributed by atoms with van der Waals surface area (Å²) >= 11 is 0. The summed E-state index contributed by atoms with van der Waals surface area (Å²) in [6, 6.07) is 15.8. The van der Waals surface area contributed by atoms with E-state index >= 15 is 9.18 Å². The summed E-state index contributed by atoms with van der Waals surface area (Å²) in [7, 11) is 0. The number of nitrogens with one attached hydrogen (secondary N) is 3. The van der Waals surface area contributed by atoms with Crippen molar-refractivity contribution in [3.63, 3.8) is 0 Å². The smallest absolute Gasteiger partial charge is 0.264 e. The van der Waals surface area contributed by atoms with E-state index in [4.69, 9.17) is 9.97 Å². The minimum absolute atomic E-state index is 0.0106. The maximum atomic E-state index is 16.0. The first-order chi connectivity index (χ1) is 41.4. The Morgan fingerprint density at radius 1 is 0.802 bits per heavy atom. The lowest BCUT2D eigenvalue weighted by Crippen LogP contribution is -2.58. The summed E-state index contributed by atoms with van der Waals surface area (Å²) in [5.74, 6) is -1.69. The molecule has 2 unspecified atom stereocenters. The number of fused-ring (bicyclic) bond motifs is 4. The maximum Gasteiger partial charge on any atom is 0.264 e. The van der Waals surface area contributed by atoms with Crippen molar-refractivity contribution in [1.29, 1.82) is 0 Å². The summed E-state index contributed by atoms with van der Waals surface area (Å²) in [4.78, 5) is 118. The highest BCUT2D eigenvalue weighted by Gasteiger charge is 2.56. The fourth-order valence-corrected chi connectivity index (χ4v) is 15.4. The first-order valence-corrected chi connectivity index (χ1v) is 31.5. The second-order valence-corrected chi connectivity index (χ2v) is 26.3. The molecule has 3 N–H and O–H groups in total. The number of rotatable bonds is 14. The van der Waals surface area contributed by atoms with Crippen LogP contribution in [0.4, 0.5) is 27.3 Å². The lowest BCUT2D eigenvalue weighted by Gasteiger charge is -2.48. The third-order valence-electron chi connectivity index (χ3n) is 20.0. The lowest BCUT2D eigenvalue weighted by atomic mass is 9.73. The van der Waals surface area contributed by atoms with Crippen LogP contribution in [0.15, 0.2) is 60.9 Å². The minimum atomic E-state index is -1.02. The summed E-state index contributed by atoms with van der Waals surface area (Å²) in [5.41, 5.74) is 6.17. The van der Waals surface area contributed by atoms with E-state index in [1.807, 2.05) is 41.5 Å². The Balaban J connectivity index is 0.700. The molecule has 1 saturated carbocycles. The highest BCUT2D eigenvalue weighted by Crippen LogP contribution is 2.53. The Hall–Kier alpha value is -7.58. The van der Waals surface area contributed by atoms with Crippen molar-refractivity contribution in [2.75, 3.05) is 74.0 Å². The molecular formula is C66H79FN12O7. The standard InChI is InChI=1S/C66H79FN12O7/c1-38(2)69-61(82)47-32-51(49(67)27-40(47)5)71-60-59-52(68-37-77(59)39(3)4)33-50(70-60)43-14-15-48-55(29-43)78(45-30-44(31-45)74-22-7-6-8-23-74)65(86)66(48)19-25-75(26-20-66)57(81)28-41-11-10-21-73(34-41)35-42-18-24-76(36-42)53-13-9-12-46-58(53)64(85)79(63(46)84)54-16-17-56(80)72-62(54)83/h9,12-15,27,29,32-33,37-39,41-42,44-45,54H,6-8,10-11,16-26,28,30-31,34-36H2,1-5H3,(H,69,82)(H,70,71)(H,72,80,83)/t41-,42?,44?,45?,54?/m0/s1. The van der Waals surface area contributed by atoms with Gasteiger partial charge < -0.3 is 39.7 Å². The molecule has 3 aromatic carbocycles. The van der Waals surface area contributed by atoms with Crippen LogP contribution in [0.2, 0.25) is 0 Å². The number of nitrogens with zero attached hydrogens (tertiary/aromatic N) is 9. The van der Waals surface area contributed by atoms with Gasteiger partial charge in [0.2, 0.25) is 23.6 Å². The van der Waals surface area contributed by atoms with E-state index in [0.717, 1.165) is 93.1 Å². The Kier molecular flexibility index (Phi) is 15.3. The van der Waals surface area contributed by atoms with Crippen molar-refractivity contribution in [2.24, 2.45) is 11.8 Å². The van der Waals surface area contributed by atoms with Crippen LogP contribution in [0, 0.1) is 24.6 Å². The molecule has 5 saturated heterocycles. The highest BCUT2D eigenvalue weighted by atomic mass is 19.1. The zero-order chi connectivity index (χ0) is 59.9. The molecule has 3 atom stereocenters. The number of anilines is 4. The van der Waals surface area contributed by atoms with Crippen molar-refractivity contribution >= 4 is 75.3 Å². The van der Waals surface area contributed by atoms with Gasteiger partial charge in [-0.3, -0.25) is 43.8 Å². The topological polar surface area (TPSA) is 206 Å². The monoisotopic (exact) mass is 1170 g/mol. The minimum Gasteiger partial charge on any atom is -0.371 e. The van der Waals surface area contributed by atoms with E-state index in [9.17, 15) is 28.8 Å². The summed E-state index contributed by atoms with van der Waals surface area (Å²) in [6.45, 7) is 16.8. The van der Waals surface area contributed by atoms with Gasteiger partial charge in [0.1, 0.15) is 17.4 Å². The molecule has 1 spiro atoms. The van der Waals surface area contributed by atoms with E-state index in [0.29, 0.717) is 95.8 Å². The van der Waals surface area contributed by atoms with E-state index in [-0.39, 0.29) is 65.9 Å². The van der Waals surface area contributed by atoms with Crippen molar-refractivity contribution in [1.82, 2.24) is 44.8 Å². The van der Waals surface area contributed by atoms with Crippen LogP contribution in [0.3, 0.4) is 0 Å². The molecular weight excluding hydrogens is 1090 g/mol. The van der Waals surface area contributed by atoms with Crippen LogP contribution < -0.4 is 25.8 Å². The zero-order valence-corrected chi connectivity index (χ0v) is 50.1. The number of carbonyl (C=O) groups excluding carboxylic acids is 7. The lowest BCUT2D eigenvalue weighted by molar-refractivity contribution is -0.137. The molecule has 6 fully saturated rings. The molecule has 1 aliphatic carbocycles. The average Bonchev–Trinajstić information content (AvgIpc) is 2.42. The normalized spacial score (nSPS) is 24.3. The number of carbonyl (C=O) groups is 7. The molecule has 9 heterocycles. The summed E-state index contributed by atoms with van der Waals surface area (Å²) < 4.78 is 18.0. The number of piperidine rings is 4. The molecule has 13 rings (SSSR count). The number of benzene rings is 3. The SMILES string of the molecule is Cc1cc(F)c(Nc2nc(-c3ccc4c(c3)N(C3CC(N5CCCCC5)C3)C(=O)C43CCN(C(=O)C[C@@H]4CCCN(CC5CCN(c6cccc7c6C(=O)N(C6CCC(=O)NC6=O)C7=O)C5)C4)CC3)cc3ncn(C(C)C)c23)cc1C(=O)NC(C)C. The number of pyridine rings is 1. The first-order valence-electron chi connectivity index (χ1n) is 31.5. The molecule has 86 heavy (non-hydrogen) atoms. The van der Waals surface area contributed by atoms with Crippen LogP contribution >= 0.6 is 0 Å². The molecule has 8 aliphatic rings. The summed E-state index contributed by atoms with van der Waals surface area (Å²) in [6.07, 6.45) is 11.8. The van der Waals surface area contributed by atoms with Crippen LogP contribution in [-0.2, 0) is 24.6 Å². The predicted octanol–water partition coefficient (Wildman–Crippen LogP) is 8.26. The van der Waals surface area contributed by atoms with Crippen LogP contribution in [-0.4, -0.2) is 159 Å². The number of aryl methyl sites for hydroxylation is 1. The fourth-order valence-electron chi connectivity index (χ4n) is 15.4. The molecule has 452 valence electrons. The quantitative estimate of drug-likeness (QED) is 0.0897. The van der Waals surface area contributed by atoms with E-state index in [1.54, 1.807) is 31.5 Å².